The predicted octanol–water partition coefficient (Wildman–Crippen LogP) is 0.667. The zero-order valence-corrected chi connectivity index (χ0v) is 7.20. The fourth-order valence-corrected chi connectivity index (χ4v) is 0.530. The normalized spacial score (nSPS) is 11.5. The van der Waals surface area contributed by atoms with Gasteiger partial charge in [-0.3, -0.25) is 0 Å². The largest absolute Gasteiger partial charge is 0.463 e. The molecular weight excluding hydrogens is 160 g/mol. The van der Waals surface area contributed by atoms with Crippen LogP contribution >= 0.6 is 0 Å². The number of carbonyl (C=O) groups excluding carboxylic acids is 2. The molecule has 0 aromatic heterocycles. The van der Waals surface area contributed by atoms with Crippen LogP contribution in [0.3, 0.4) is 0 Å². The average molecular weight is 172 g/mol. The first kappa shape index (κ1) is 10.7. The molecule has 0 aliphatic carbocycles. The molecule has 0 aromatic rings. The van der Waals surface area contributed by atoms with Crippen molar-refractivity contribution < 1.29 is 19.1 Å². The number of ether oxygens (including phenoxy) is 2. The van der Waals surface area contributed by atoms with Crippen molar-refractivity contribution in [3.05, 3.63) is 12.7 Å². The highest BCUT2D eigenvalue weighted by Crippen LogP contribution is 1.95. The van der Waals surface area contributed by atoms with E-state index in [2.05, 4.69) is 16.1 Å². The van der Waals surface area contributed by atoms with Crippen molar-refractivity contribution in [3.63, 3.8) is 0 Å². The first-order valence-corrected chi connectivity index (χ1v) is 3.61. The summed E-state index contributed by atoms with van der Waals surface area (Å²) in [5.41, 5.74) is 0. The summed E-state index contributed by atoms with van der Waals surface area (Å²) in [4.78, 5) is 21.4. The molecule has 0 N–H and O–H groups in total. The van der Waals surface area contributed by atoms with Crippen LogP contribution in [0.25, 0.3) is 0 Å². The summed E-state index contributed by atoms with van der Waals surface area (Å²) in [5, 5.41) is 0. The van der Waals surface area contributed by atoms with Gasteiger partial charge in [-0.15, -0.1) is 0 Å². The lowest BCUT2D eigenvalue weighted by Crippen LogP contribution is -2.25. The molecule has 0 rings (SSSR count). The van der Waals surface area contributed by atoms with Crippen molar-refractivity contribution in [2.24, 2.45) is 0 Å². The minimum Gasteiger partial charge on any atom is -0.463 e. The molecule has 0 amide bonds. The van der Waals surface area contributed by atoms with E-state index in [0.717, 1.165) is 6.08 Å². The summed E-state index contributed by atoms with van der Waals surface area (Å²) in [5.74, 6) is -1.18. The number of hydrogen-bond donors (Lipinski definition) is 0. The van der Waals surface area contributed by atoms with Crippen molar-refractivity contribution in [2.45, 2.75) is 20.0 Å². The molecule has 0 aromatic carbocycles. The van der Waals surface area contributed by atoms with Crippen LogP contribution < -0.4 is 0 Å². The lowest BCUT2D eigenvalue weighted by Gasteiger charge is -2.09. The number of carbonyl (C=O) groups is 2. The van der Waals surface area contributed by atoms with Gasteiger partial charge in [-0.25, -0.2) is 9.59 Å². The van der Waals surface area contributed by atoms with Gasteiger partial charge < -0.3 is 9.47 Å². The van der Waals surface area contributed by atoms with Gasteiger partial charge in [0.05, 0.1) is 6.61 Å². The Morgan fingerprint density at radius 1 is 1.58 bits per heavy atom. The molecule has 1 atom stereocenters. The standard InChI is InChI=1S/C8H12O4/c1-4-7(9)12-6(3)8(10)11-5-2/h4,6H,1,5H2,2-3H3. The Morgan fingerprint density at radius 3 is 2.58 bits per heavy atom. The second-order valence-electron chi connectivity index (χ2n) is 2.04. The first-order valence-electron chi connectivity index (χ1n) is 3.61. The van der Waals surface area contributed by atoms with Gasteiger partial charge in [-0.2, -0.15) is 0 Å². The molecule has 4 heteroatoms. The van der Waals surface area contributed by atoms with Crippen LogP contribution in [0.1, 0.15) is 13.8 Å². The van der Waals surface area contributed by atoms with Crippen LogP contribution in [-0.2, 0) is 19.1 Å². The summed E-state index contributed by atoms with van der Waals surface area (Å²) in [7, 11) is 0. The number of hydrogen-bond acceptors (Lipinski definition) is 4. The van der Waals surface area contributed by atoms with E-state index < -0.39 is 18.0 Å². The summed E-state index contributed by atoms with van der Waals surface area (Å²) in [6.07, 6.45) is 0.130. The fraction of sp³-hybridized carbons (Fsp3) is 0.500. The molecular formula is C8H12O4. The Bertz CT molecular complexity index is 185. The van der Waals surface area contributed by atoms with Crippen molar-refractivity contribution in [1.82, 2.24) is 0 Å². The summed E-state index contributed by atoms with van der Waals surface area (Å²) in [6.45, 7) is 6.59. The van der Waals surface area contributed by atoms with Gasteiger partial charge in [0, 0.05) is 6.08 Å². The highest BCUT2D eigenvalue weighted by Gasteiger charge is 2.16. The number of rotatable bonds is 4. The molecule has 1 unspecified atom stereocenters. The molecule has 0 saturated heterocycles. The Morgan fingerprint density at radius 2 is 2.17 bits per heavy atom. The molecule has 0 fully saturated rings. The molecule has 0 spiro atoms. The van der Waals surface area contributed by atoms with Crippen LogP contribution in [0, 0.1) is 0 Å². The predicted molar refractivity (Wildman–Crippen MR) is 42.4 cm³/mol. The van der Waals surface area contributed by atoms with E-state index in [1.54, 1.807) is 6.92 Å². The average Bonchev–Trinajstić information content (AvgIpc) is 2.04. The molecule has 68 valence electrons. The maximum absolute atomic E-state index is 10.9. The molecule has 0 aliphatic heterocycles. The van der Waals surface area contributed by atoms with Crippen LogP contribution in [0.5, 0.6) is 0 Å². The molecule has 0 radical (unpaired) electrons. The lowest BCUT2D eigenvalue weighted by molar-refractivity contribution is -0.163. The highest BCUT2D eigenvalue weighted by molar-refractivity contribution is 5.84. The van der Waals surface area contributed by atoms with E-state index in [1.165, 1.54) is 6.92 Å². The minimum absolute atomic E-state index is 0.273. The van der Waals surface area contributed by atoms with Crippen LogP contribution in [-0.4, -0.2) is 24.6 Å². The van der Waals surface area contributed by atoms with Crippen LogP contribution in [0.15, 0.2) is 12.7 Å². The molecule has 0 aliphatic rings. The second kappa shape index (κ2) is 5.35. The van der Waals surface area contributed by atoms with E-state index in [1.807, 2.05) is 0 Å². The Kier molecular flexibility index (Phi) is 4.76. The van der Waals surface area contributed by atoms with Crippen molar-refractivity contribution in [3.8, 4) is 0 Å². The van der Waals surface area contributed by atoms with E-state index >= 15 is 0 Å². The Hall–Kier alpha value is -1.32. The smallest absolute Gasteiger partial charge is 0.347 e. The summed E-state index contributed by atoms with van der Waals surface area (Å²) >= 11 is 0. The van der Waals surface area contributed by atoms with Crippen molar-refractivity contribution in [2.75, 3.05) is 6.61 Å². The van der Waals surface area contributed by atoms with E-state index in [4.69, 9.17) is 0 Å². The van der Waals surface area contributed by atoms with Gasteiger partial charge in [0.1, 0.15) is 0 Å². The fourth-order valence-electron chi connectivity index (χ4n) is 0.530. The topological polar surface area (TPSA) is 52.6 Å². The molecule has 4 nitrogen and oxygen atoms in total. The first-order chi connectivity index (χ1) is 5.61. The van der Waals surface area contributed by atoms with Gasteiger partial charge in [-0.05, 0) is 13.8 Å². The molecule has 12 heavy (non-hydrogen) atoms. The van der Waals surface area contributed by atoms with Gasteiger partial charge >= 0.3 is 11.9 Å². The van der Waals surface area contributed by atoms with Gasteiger partial charge in [0.2, 0.25) is 0 Å². The third-order valence-corrected chi connectivity index (χ3v) is 1.08. The second-order valence-corrected chi connectivity index (χ2v) is 2.04. The summed E-state index contributed by atoms with van der Waals surface area (Å²) in [6, 6.07) is 0. The van der Waals surface area contributed by atoms with Gasteiger partial charge in [-0.1, -0.05) is 6.58 Å². The van der Waals surface area contributed by atoms with E-state index in [0.29, 0.717) is 0 Å². The van der Waals surface area contributed by atoms with Crippen molar-refractivity contribution in [1.29, 1.82) is 0 Å². The zero-order chi connectivity index (χ0) is 9.56. The minimum atomic E-state index is -0.865. The SMILES string of the molecule is C=CC(=O)OC(C)C(=O)OCC. The Balaban J connectivity index is 3.85. The molecule has 0 bridgehead atoms. The molecule has 0 heterocycles. The monoisotopic (exact) mass is 172 g/mol. The molecule has 0 saturated carbocycles. The maximum Gasteiger partial charge on any atom is 0.347 e. The van der Waals surface area contributed by atoms with Crippen molar-refractivity contribution >= 4 is 11.9 Å². The van der Waals surface area contributed by atoms with E-state index in [9.17, 15) is 9.59 Å². The van der Waals surface area contributed by atoms with Gasteiger partial charge in [0.15, 0.2) is 6.10 Å². The quantitative estimate of drug-likeness (QED) is 0.462. The van der Waals surface area contributed by atoms with Crippen LogP contribution in [0.4, 0.5) is 0 Å². The highest BCUT2D eigenvalue weighted by atomic mass is 16.6. The maximum atomic E-state index is 10.9. The summed E-state index contributed by atoms with van der Waals surface area (Å²) < 4.78 is 9.18. The third-order valence-electron chi connectivity index (χ3n) is 1.08. The lowest BCUT2D eigenvalue weighted by atomic mass is 10.4. The third kappa shape index (κ3) is 3.75. The van der Waals surface area contributed by atoms with Crippen LogP contribution in [0.2, 0.25) is 0 Å². The Labute approximate surface area is 71.2 Å². The number of esters is 2. The van der Waals surface area contributed by atoms with Gasteiger partial charge in [0.25, 0.3) is 0 Å². The van der Waals surface area contributed by atoms with E-state index in [-0.39, 0.29) is 6.61 Å². The zero-order valence-electron chi connectivity index (χ0n) is 7.20.